The summed E-state index contributed by atoms with van der Waals surface area (Å²) in [4.78, 5) is 22.4. The maximum atomic E-state index is 13.5. The fraction of sp³-hybridized carbons (Fsp3) is 0.407. The maximum Gasteiger partial charge on any atom is 0.254 e. The van der Waals surface area contributed by atoms with Crippen molar-refractivity contribution in [1.82, 2.24) is 14.8 Å². The third kappa shape index (κ3) is 6.81. The van der Waals surface area contributed by atoms with Crippen LogP contribution in [0.25, 0.3) is 0 Å². The number of morpholine rings is 1. The Morgan fingerprint density at radius 3 is 2.77 bits per heavy atom. The van der Waals surface area contributed by atoms with E-state index in [9.17, 15) is 4.79 Å². The van der Waals surface area contributed by atoms with Gasteiger partial charge in [0.1, 0.15) is 23.1 Å². The van der Waals surface area contributed by atoms with Crippen LogP contribution in [0.4, 0.5) is 0 Å². The van der Waals surface area contributed by atoms with E-state index in [2.05, 4.69) is 24.8 Å². The Morgan fingerprint density at radius 1 is 1.17 bits per heavy atom. The predicted octanol–water partition coefficient (Wildman–Crippen LogP) is 4.32. The summed E-state index contributed by atoms with van der Waals surface area (Å²) in [7, 11) is 1.61. The summed E-state index contributed by atoms with van der Waals surface area (Å²) < 4.78 is 16.8. The molecule has 1 fully saturated rings. The number of hydrogen-bond donors (Lipinski definition) is 0. The molecule has 0 atom stereocenters. The van der Waals surface area contributed by atoms with Gasteiger partial charge < -0.3 is 19.1 Å². The molecule has 35 heavy (non-hydrogen) atoms. The van der Waals surface area contributed by atoms with Crippen LogP contribution in [-0.4, -0.2) is 67.2 Å². The summed E-state index contributed by atoms with van der Waals surface area (Å²) in [5, 5.41) is 2.91. The van der Waals surface area contributed by atoms with Crippen molar-refractivity contribution in [2.45, 2.75) is 27.0 Å². The molecule has 1 amide bonds. The molecule has 186 valence electrons. The zero-order valence-electron chi connectivity index (χ0n) is 20.7. The summed E-state index contributed by atoms with van der Waals surface area (Å²) in [6.07, 6.45) is 0. The molecule has 2 heterocycles. The number of amides is 1. The molecule has 0 spiro atoms. The minimum atomic E-state index is -0.0293. The van der Waals surface area contributed by atoms with E-state index in [1.54, 1.807) is 24.5 Å². The average Bonchev–Trinajstić information content (AvgIpc) is 3.35. The Bertz CT molecular complexity index is 1130. The fourth-order valence-electron chi connectivity index (χ4n) is 3.98. The molecule has 3 aromatic rings. The van der Waals surface area contributed by atoms with Crippen LogP contribution in [0.2, 0.25) is 0 Å². The Labute approximate surface area is 211 Å². The van der Waals surface area contributed by atoms with E-state index in [1.807, 2.05) is 40.6 Å². The lowest BCUT2D eigenvalue weighted by molar-refractivity contribution is 0.0319. The Morgan fingerprint density at radius 2 is 1.97 bits per heavy atom. The smallest absolute Gasteiger partial charge is 0.254 e. The number of methoxy groups -OCH3 is 1. The van der Waals surface area contributed by atoms with Crippen LogP contribution in [-0.2, 0) is 17.9 Å². The van der Waals surface area contributed by atoms with Gasteiger partial charge in [-0.2, -0.15) is 0 Å². The van der Waals surface area contributed by atoms with E-state index in [0.29, 0.717) is 31.0 Å². The van der Waals surface area contributed by atoms with Crippen molar-refractivity contribution in [2.24, 2.45) is 0 Å². The van der Waals surface area contributed by atoms with Gasteiger partial charge in [0.05, 0.1) is 32.6 Å². The van der Waals surface area contributed by atoms with Crippen LogP contribution < -0.4 is 9.47 Å². The molecule has 0 bridgehead atoms. The first-order valence-electron chi connectivity index (χ1n) is 11.9. The van der Waals surface area contributed by atoms with Crippen molar-refractivity contribution in [1.29, 1.82) is 0 Å². The molecule has 7 nitrogen and oxygen atoms in total. The second-order valence-electron chi connectivity index (χ2n) is 8.63. The molecular weight excluding hydrogens is 462 g/mol. The molecule has 0 unspecified atom stereocenters. The van der Waals surface area contributed by atoms with Gasteiger partial charge in [-0.25, -0.2) is 4.98 Å². The van der Waals surface area contributed by atoms with Crippen molar-refractivity contribution in [2.75, 3.05) is 46.5 Å². The molecule has 4 rings (SSSR count). The SMILES string of the molecule is COc1cccc(C(=O)N(CCN2CCOCC2)Cc2csc(COc3cccc(C)c3C)n2)c1. The number of aromatic nitrogens is 1. The van der Waals surface area contributed by atoms with E-state index < -0.39 is 0 Å². The standard InChI is InChI=1S/C27H33N3O4S/c1-20-6-4-9-25(21(20)2)34-18-26-28-23(19-35-26)17-30(11-10-29-12-14-33-15-13-29)27(31)22-7-5-8-24(16-22)32-3/h4-9,16,19H,10-15,17-18H2,1-3H3. The van der Waals surface area contributed by atoms with Crippen molar-refractivity contribution in [3.05, 3.63) is 75.2 Å². The largest absolute Gasteiger partial charge is 0.497 e. The molecule has 2 aromatic carbocycles. The molecule has 1 aliphatic heterocycles. The van der Waals surface area contributed by atoms with Crippen LogP contribution in [0, 0.1) is 13.8 Å². The molecule has 0 saturated carbocycles. The second-order valence-corrected chi connectivity index (χ2v) is 9.57. The van der Waals surface area contributed by atoms with Crippen LogP contribution in [0.5, 0.6) is 11.5 Å². The molecule has 1 aromatic heterocycles. The number of hydrogen-bond acceptors (Lipinski definition) is 7. The predicted molar refractivity (Wildman–Crippen MR) is 137 cm³/mol. The highest BCUT2D eigenvalue weighted by atomic mass is 32.1. The van der Waals surface area contributed by atoms with Crippen LogP contribution in [0.15, 0.2) is 47.8 Å². The number of rotatable bonds is 10. The molecule has 0 aliphatic carbocycles. The van der Waals surface area contributed by atoms with Crippen molar-refractivity contribution < 1.29 is 19.0 Å². The number of nitrogens with zero attached hydrogens (tertiary/aromatic N) is 3. The number of thiazole rings is 1. The second kappa shape index (κ2) is 12.2. The van der Waals surface area contributed by atoms with E-state index in [1.165, 1.54) is 5.56 Å². The fourth-order valence-corrected chi connectivity index (χ4v) is 4.68. The summed E-state index contributed by atoms with van der Waals surface area (Å²) in [5.74, 6) is 1.52. The van der Waals surface area contributed by atoms with Gasteiger partial charge in [-0.1, -0.05) is 18.2 Å². The highest BCUT2D eigenvalue weighted by Gasteiger charge is 2.20. The van der Waals surface area contributed by atoms with Gasteiger partial charge in [-0.05, 0) is 49.2 Å². The summed E-state index contributed by atoms with van der Waals surface area (Å²) in [6.45, 7) is 9.65. The Hall–Kier alpha value is -2.94. The lowest BCUT2D eigenvalue weighted by atomic mass is 10.1. The van der Waals surface area contributed by atoms with Gasteiger partial charge in [-0.3, -0.25) is 9.69 Å². The zero-order chi connectivity index (χ0) is 24.6. The number of ether oxygens (including phenoxy) is 3. The van der Waals surface area contributed by atoms with Gasteiger partial charge in [0.2, 0.25) is 0 Å². The molecular formula is C27H33N3O4S. The third-order valence-corrected chi connectivity index (χ3v) is 7.12. The van der Waals surface area contributed by atoms with Gasteiger partial charge >= 0.3 is 0 Å². The van der Waals surface area contributed by atoms with Gasteiger partial charge in [-0.15, -0.1) is 11.3 Å². The summed E-state index contributed by atoms with van der Waals surface area (Å²) in [5.41, 5.74) is 3.82. The molecule has 0 N–H and O–H groups in total. The van der Waals surface area contributed by atoms with Gasteiger partial charge in [0, 0.05) is 37.1 Å². The maximum absolute atomic E-state index is 13.5. The van der Waals surface area contributed by atoms with Crippen LogP contribution in [0.1, 0.15) is 32.2 Å². The number of aryl methyl sites for hydroxylation is 1. The first kappa shape index (κ1) is 25.2. The monoisotopic (exact) mass is 495 g/mol. The number of benzene rings is 2. The number of carbonyl (C=O) groups excluding carboxylic acids is 1. The van der Waals surface area contributed by atoms with E-state index in [-0.39, 0.29) is 5.91 Å². The quantitative estimate of drug-likeness (QED) is 0.417. The first-order chi connectivity index (χ1) is 17.0. The lowest BCUT2D eigenvalue weighted by Gasteiger charge is -2.30. The zero-order valence-corrected chi connectivity index (χ0v) is 21.5. The highest BCUT2D eigenvalue weighted by molar-refractivity contribution is 7.09. The van der Waals surface area contributed by atoms with Crippen molar-refractivity contribution in [3.63, 3.8) is 0 Å². The van der Waals surface area contributed by atoms with Gasteiger partial charge in [0.15, 0.2) is 0 Å². The van der Waals surface area contributed by atoms with E-state index in [4.69, 9.17) is 19.2 Å². The normalized spacial score (nSPS) is 14.0. The Balaban J connectivity index is 1.44. The van der Waals surface area contributed by atoms with Crippen LogP contribution >= 0.6 is 11.3 Å². The number of carbonyl (C=O) groups is 1. The summed E-state index contributed by atoms with van der Waals surface area (Å²) >= 11 is 1.56. The van der Waals surface area contributed by atoms with Gasteiger partial charge in [0.25, 0.3) is 5.91 Å². The van der Waals surface area contributed by atoms with E-state index >= 15 is 0 Å². The highest BCUT2D eigenvalue weighted by Crippen LogP contribution is 2.23. The van der Waals surface area contributed by atoms with E-state index in [0.717, 1.165) is 54.9 Å². The minimum Gasteiger partial charge on any atom is -0.497 e. The molecule has 1 saturated heterocycles. The Kier molecular flexibility index (Phi) is 8.74. The van der Waals surface area contributed by atoms with Crippen molar-refractivity contribution >= 4 is 17.2 Å². The minimum absolute atomic E-state index is 0.0293. The molecule has 8 heteroatoms. The summed E-state index contributed by atoms with van der Waals surface area (Å²) in [6, 6.07) is 13.4. The topological polar surface area (TPSA) is 64.1 Å². The molecule has 0 radical (unpaired) electrons. The first-order valence-corrected chi connectivity index (χ1v) is 12.8. The third-order valence-electron chi connectivity index (χ3n) is 6.25. The average molecular weight is 496 g/mol. The lowest BCUT2D eigenvalue weighted by Crippen LogP contribution is -2.43. The molecule has 1 aliphatic rings. The van der Waals surface area contributed by atoms with Crippen molar-refractivity contribution in [3.8, 4) is 11.5 Å². The van der Waals surface area contributed by atoms with Crippen LogP contribution in [0.3, 0.4) is 0 Å².